The third-order valence-corrected chi connectivity index (χ3v) is 3.03. The van der Waals surface area contributed by atoms with Gasteiger partial charge in [-0.25, -0.2) is 10.8 Å². The molecule has 0 aromatic rings. The highest BCUT2D eigenvalue weighted by molar-refractivity contribution is 6.05. The minimum atomic E-state index is -0.839. The van der Waals surface area contributed by atoms with Crippen LogP contribution in [-0.2, 0) is 19.1 Å². The number of carbonyl (C=O) groups excluding carboxylic acids is 2. The van der Waals surface area contributed by atoms with Crippen molar-refractivity contribution in [2.24, 2.45) is 21.7 Å². The number of nitrogens with two attached hydrogens (primary N) is 1. The van der Waals surface area contributed by atoms with Gasteiger partial charge in [-0.15, -0.1) is 0 Å². The monoisotopic (exact) mass is 312 g/mol. The molecule has 0 spiro atoms. The largest absolute Gasteiger partial charge is 0.375 e. The molecule has 2 rings (SSSR count). The van der Waals surface area contributed by atoms with Crippen LogP contribution in [0.2, 0.25) is 0 Å². The standard InChI is InChI=1S/C12H20N6O4/c1-21-5-8(19)14-11-16-10(7-3-4-7)18(13)12(17-11)15-9(20)6-22-2/h7,12H,3-6,13H2,1-2H3,(H,15,20)(H,14,17,19). The van der Waals surface area contributed by atoms with Gasteiger partial charge in [0.2, 0.25) is 18.2 Å². The normalized spacial score (nSPS) is 21.0. The smallest absolute Gasteiger partial charge is 0.252 e. The molecule has 0 aromatic heterocycles. The van der Waals surface area contributed by atoms with Gasteiger partial charge < -0.3 is 14.8 Å². The quantitative estimate of drug-likeness (QED) is 0.493. The van der Waals surface area contributed by atoms with Gasteiger partial charge >= 0.3 is 0 Å². The van der Waals surface area contributed by atoms with Crippen LogP contribution in [0.4, 0.5) is 0 Å². The second-order valence-corrected chi connectivity index (χ2v) is 4.96. The Kier molecular flexibility index (Phi) is 5.41. The first-order chi connectivity index (χ1) is 10.5. The first-order valence-electron chi connectivity index (χ1n) is 6.82. The number of methoxy groups -OCH3 is 2. The van der Waals surface area contributed by atoms with E-state index in [-0.39, 0.29) is 36.9 Å². The Morgan fingerprint density at radius 3 is 2.50 bits per heavy atom. The van der Waals surface area contributed by atoms with Crippen molar-refractivity contribution >= 4 is 23.6 Å². The number of aliphatic imine (C=N–C) groups is 2. The van der Waals surface area contributed by atoms with E-state index in [4.69, 9.17) is 15.3 Å². The number of amidine groups is 1. The SMILES string of the molecule is COCC(=O)NC1=NC(NC(=O)COC)N(N)C(C2CC2)=N1. The van der Waals surface area contributed by atoms with Crippen LogP contribution in [0.1, 0.15) is 12.8 Å². The fourth-order valence-corrected chi connectivity index (χ4v) is 1.91. The van der Waals surface area contributed by atoms with Gasteiger partial charge in [0.05, 0.1) is 0 Å². The van der Waals surface area contributed by atoms with Crippen LogP contribution < -0.4 is 16.5 Å². The number of hydrazine groups is 1. The van der Waals surface area contributed by atoms with Crippen LogP contribution in [0.15, 0.2) is 9.98 Å². The number of amides is 2. The molecular formula is C12H20N6O4. The highest BCUT2D eigenvalue weighted by Crippen LogP contribution is 2.32. The van der Waals surface area contributed by atoms with Crippen LogP contribution in [-0.4, -0.2) is 62.3 Å². The summed E-state index contributed by atoms with van der Waals surface area (Å²) in [5.74, 6) is 6.12. The second kappa shape index (κ2) is 7.29. The number of hydrogen-bond donors (Lipinski definition) is 3. The maximum Gasteiger partial charge on any atom is 0.252 e. The molecule has 1 atom stereocenters. The molecule has 10 heteroatoms. The maximum absolute atomic E-state index is 11.6. The van der Waals surface area contributed by atoms with Crippen LogP contribution in [0.25, 0.3) is 0 Å². The van der Waals surface area contributed by atoms with Crippen LogP contribution in [0.5, 0.6) is 0 Å². The zero-order valence-electron chi connectivity index (χ0n) is 12.5. The molecule has 0 radical (unpaired) electrons. The topological polar surface area (TPSA) is 131 Å². The Morgan fingerprint density at radius 1 is 1.27 bits per heavy atom. The summed E-state index contributed by atoms with van der Waals surface area (Å²) in [6.45, 7) is -0.221. The molecule has 10 nitrogen and oxygen atoms in total. The Balaban J connectivity index is 2.10. The molecule has 2 aliphatic rings. The van der Waals surface area contributed by atoms with Gasteiger partial charge in [0.25, 0.3) is 5.91 Å². The van der Waals surface area contributed by atoms with E-state index in [0.29, 0.717) is 5.84 Å². The van der Waals surface area contributed by atoms with Crippen molar-refractivity contribution in [2.45, 2.75) is 19.1 Å². The molecule has 1 unspecified atom stereocenters. The van der Waals surface area contributed by atoms with E-state index in [9.17, 15) is 9.59 Å². The van der Waals surface area contributed by atoms with E-state index < -0.39 is 6.29 Å². The average molecular weight is 312 g/mol. The zero-order chi connectivity index (χ0) is 16.1. The molecule has 0 saturated heterocycles. The van der Waals surface area contributed by atoms with Gasteiger partial charge in [-0.05, 0) is 12.8 Å². The van der Waals surface area contributed by atoms with E-state index in [0.717, 1.165) is 12.8 Å². The molecule has 22 heavy (non-hydrogen) atoms. The number of rotatable bonds is 6. The molecule has 1 fully saturated rings. The van der Waals surface area contributed by atoms with Gasteiger partial charge in [0.15, 0.2) is 0 Å². The Hall–Kier alpha value is -2.04. The van der Waals surface area contributed by atoms with Gasteiger partial charge in [0, 0.05) is 20.1 Å². The number of ether oxygens (including phenoxy) is 2. The predicted molar refractivity (Wildman–Crippen MR) is 77.4 cm³/mol. The van der Waals surface area contributed by atoms with E-state index in [2.05, 4.69) is 20.6 Å². The number of nitrogens with one attached hydrogen (secondary N) is 2. The van der Waals surface area contributed by atoms with E-state index in [1.807, 2.05) is 0 Å². The third kappa shape index (κ3) is 4.23. The van der Waals surface area contributed by atoms with Crippen molar-refractivity contribution in [2.75, 3.05) is 27.4 Å². The fraction of sp³-hybridized carbons (Fsp3) is 0.667. The lowest BCUT2D eigenvalue weighted by Gasteiger charge is -2.31. The number of guanidine groups is 1. The maximum atomic E-state index is 11.6. The molecule has 2 amide bonds. The molecule has 122 valence electrons. The van der Waals surface area contributed by atoms with Crippen molar-refractivity contribution in [3.63, 3.8) is 0 Å². The Labute approximate surface area is 127 Å². The van der Waals surface area contributed by atoms with Crippen LogP contribution >= 0.6 is 0 Å². The molecule has 0 bridgehead atoms. The molecule has 0 aromatic carbocycles. The fourth-order valence-electron chi connectivity index (χ4n) is 1.91. The minimum absolute atomic E-state index is 0.105. The summed E-state index contributed by atoms with van der Waals surface area (Å²) in [7, 11) is 2.83. The van der Waals surface area contributed by atoms with Crippen LogP contribution in [0.3, 0.4) is 0 Å². The third-order valence-electron chi connectivity index (χ3n) is 3.03. The molecular weight excluding hydrogens is 292 g/mol. The Bertz CT molecular complexity index is 502. The lowest BCUT2D eigenvalue weighted by atomic mass is 10.3. The second-order valence-electron chi connectivity index (χ2n) is 4.96. The van der Waals surface area contributed by atoms with Crippen molar-refractivity contribution in [3.05, 3.63) is 0 Å². The van der Waals surface area contributed by atoms with Gasteiger partial charge in [-0.2, -0.15) is 4.99 Å². The summed E-state index contributed by atoms with van der Waals surface area (Å²) < 4.78 is 9.49. The predicted octanol–water partition coefficient (Wildman–Crippen LogP) is -1.85. The summed E-state index contributed by atoms with van der Waals surface area (Å²) >= 11 is 0. The summed E-state index contributed by atoms with van der Waals surface area (Å²) in [6.07, 6.45) is 1.09. The summed E-state index contributed by atoms with van der Waals surface area (Å²) in [5.41, 5.74) is 0. The van der Waals surface area contributed by atoms with Crippen molar-refractivity contribution in [3.8, 4) is 0 Å². The van der Waals surface area contributed by atoms with E-state index in [1.54, 1.807) is 0 Å². The minimum Gasteiger partial charge on any atom is -0.375 e. The number of hydrogen-bond acceptors (Lipinski definition) is 8. The first-order valence-corrected chi connectivity index (χ1v) is 6.82. The van der Waals surface area contributed by atoms with Crippen molar-refractivity contribution < 1.29 is 19.1 Å². The van der Waals surface area contributed by atoms with Gasteiger partial charge in [0.1, 0.15) is 19.0 Å². The van der Waals surface area contributed by atoms with Gasteiger partial charge in [-0.1, -0.05) is 0 Å². The zero-order valence-corrected chi connectivity index (χ0v) is 12.5. The molecule has 1 saturated carbocycles. The summed E-state index contributed by atoms with van der Waals surface area (Å²) in [6, 6.07) is 0. The van der Waals surface area contributed by atoms with E-state index in [1.165, 1.54) is 19.2 Å². The number of carbonyl (C=O) groups is 2. The average Bonchev–Trinajstić information content (AvgIpc) is 3.27. The van der Waals surface area contributed by atoms with Crippen LogP contribution in [0, 0.1) is 5.92 Å². The van der Waals surface area contributed by atoms with E-state index >= 15 is 0 Å². The van der Waals surface area contributed by atoms with Crippen molar-refractivity contribution in [1.82, 2.24) is 15.6 Å². The van der Waals surface area contributed by atoms with Gasteiger partial charge in [-0.3, -0.25) is 19.9 Å². The Morgan fingerprint density at radius 2 is 1.91 bits per heavy atom. The lowest BCUT2D eigenvalue weighted by molar-refractivity contribution is -0.126. The summed E-state index contributed by atoms with van der Waals surface area (Å²) in [4.78, 5) is 31.6. The summed E-state index contributed by atoms with van der Waals surface area (Å²) in [5, 5.41) is 6.43. The molecule has 4 N–H and O–H groups in total. The number of nitrogens with zero attached hydrogens (tertiary/aromatic N) is 3. The molecule has 1 aliphatic heterocycles. The first kappa shape index (κ1) is 16.3. The molecule has 1 aliphatic carbocycles. The van der Waals surface area contributed by atoms with Crippen molar-refractivity contribution in [1.29, 1.82) is 0 Å². The lowest BCUT2D eigenvalue weighted by Crippen LogP contribution is -2.58. The molecule has 1 heterocycles. The highest BCUT2D eigenvalue weighted by Gasteiger charge is 2.36. The highest BCUT2D eigenvalue weighted by atomic mass is 16.5.